The van der Waals surface area contributed by atoms with Crippen LogP contribution in [0.2, 0.25) is 0 Å². The van der Waals surface area contributed by atoms with E-state index in [0.29, 0.717) is 13.0 Å². The van der Waals surface area contributed by atoms with Crippen molar-refractivity contribution < 1.29 is 19.4 Å². The van der Waals surface area contributed by atoms with Crippen molar-refractivity contribution in [1.82, 2.24) is 4.90 Å². The van der Waals surface area contributed by atoms with Crippen LogP contribution >= 0.6 is 0 Å². The van der Waals surface area contributed by atoms with E-state index in [2.05, 4.69) is 25.1 Å². The molecule has 2 atom stereocenters. The smallest absolute Gasteiger partial charge is 0.411 e. The van der Waals surface area contributed by atoms with Crippen LogP contribution in [0.4, 0.5) is 4.79 Å². The molecule has 0 radical (unpaired) electrons. The van der Waals surface area contributed by atoms with Gasteiger partial charge in [-0.05, 0) is 64.5 Å². The van der Waals surface area contributed by atoms with Gasteiger partial charge in [-0.3, -0.25) is 4.90 Å². The predicted molar refractivity (Wildman–Crippen MR) is 92.3 cm³/mol. The fraction of sp³-hybridized carbons (Fsp3) is 0.579. The van der Waals surface area contributed by atoms with Crippen molar-refractivity contribution in [3.05, 3.63) is 34.9 Å². The van der Waals surface area contributed by atoms with Crippen molar-refractivity contribution in [2.45, 2.75) is 65.0 Å². The van der Waals surface area contributed by atoms with Crippen molar-refractivity contribution in [3.63, 3.8) is 0 Å². The maximum atomic E-state index is 12.3. The highest BCUT2D eigenvalue weighted by Gasteiger charge is 2.38. The van der Waals surface area contributed by atoms with Crippen molar-refractivity contribution in [3.8, 4) is 0 Å². The highest BCUT2D eigenvalue weighted by molar-refractivity contribution is 5.80. The average molecular weight is 333 g/mol. The van der Waals surface area contributed by atoms with E-state index in [1.807, 2.05) is 6.92 Å². The molecule has 0 bridgehead atoms. The number of carbonyl (C=O) groups is 2. The fourth-order valence-corrected chi connectivity index (χ4v) is 3.30. The number of carboxylic acid groups (broad SMARTS) is 1. The molecule has 1 saturated heterocycles. The summed E-state index contributed by atoms with van der Waals surface area (Å²) < 4.78 is 5.36. The molecule has 1 aliphatic rings. The lowest BCUT2D eigenvalue weighted by molar-refractivity contribution is -0.144. The first-order valence-electron chi connectivity index (χ1n) is 8.38. The van der Waals surface area contributed by atoms with E-state index >= 15 is 0 Å². The molecule has 2 unspecified atom stereocenters. The largest absolute Gasteiger partial charge is 0.480 e. The molecule has 0 saturated carbocycles. The third-order valence-corrected chi connectivity index (χ3v) is 4.38. The van der Waals surface area contributed by atoms with Crippen LogP contribution in [0, 0.1) is 13.8 Å². The second-order valence-corrected chi connectivity index (χ2v) is 7.61. The molecule has 0 aliphatic carbocycles. The maximum absolute atomic E-state index is 12.3. The third kappa shape index (κ3) is 4.28. The Labute approximate surface area is 143 Å². The van der Waals surface area contributed by atoms with Crippen molar-refractivity contribution in [2.75, 3.05) is 6.54 Å². The maximum Gasteiger partial charge on any atom is 0.411 e. The van der Waals surface area contributed by atoms with Crippen molar-refractivity contribution >= 4 is 12.1 Å². The fourth-order valence-electron chi connectivity index (χ4n) is 3.30. The van der Waals surface area contributed by atoms with E-state index in [-0.39, 0.29) is 5.92 Å². The van der Waals surface area contributed by atoms with Crippen molar-refractivity contribution in [1.29, 1.82) is 0 Å². The first-order valence-corrected chi connectivity index (χ1v) is 8.38. The molecule has 5 nitrogen and oxygen atoms in total. The molecule has 24 heavy (non-hydrogen) atoms. The number of aliphatic carboxylic acids is 1. The van der Waals surface area contributed by atoms with E-state index < -0.39 is 23.7 Å². The molecule has 5 heteroatoms. The molecule has 1 aliphatic heterocycles. The van der Waals surface area contributed by atoms with Gasteiger partial charge >= 0.3 is 12.1 Å². The first kappa shape index (κ1) is 18.3. The number of aryl methyl sites for hydroxylation is 2. The van der Waals surface area contributed by atoms with Crippen LogP contribution in [0.25, 0.3) is 0 Å². The van der Waals surface area contributed by atoms with Gasteiger partial charge < -0.3 is 9.84 Å². The van der Waals surface area contributed by atoms with Crippen LogP contribution in [0.1, 0.15) is 56.2 Å². The van der Waals surface area contributed by atoms with Gasteiger partial charge in [0.05, 0.1) is 0 Å². The molecule has 132 valence electrons. The van der Waals surface area contributed by atoms with Crippen LogP contribution < -0.4 is 0 Å². The van der Waals surface area contributed by atoms with E-state index in [1.54, 1.807) is 20.8 Å². The van der Waals surface area contributed by atoms with Gasteiger partial charge in [-0.1, -0.05) is 23.8 Å². The molecule has 1 N–H and O–H groups in total. The Morgan fingerprint density at radius 3 is 2.46 bits per heavy atom. The SMILES string of the molecule is Cc1ccc(C2CCN(C(=O)OC(C)(C)C)C(C(=O)O)C2)c(C)c1. The molecule has 1 fully saturated rings. The molecule has 0 aromatic heterocycles. The molecule has 1 heterocycles. The summed E-state index contributed by atoms with van der Waals surface area (Å²) in [6.45, 7) is 9.83. The normalized spacial score (nSPS) is 21.5. The summed E-state index contributed by atoms with van der Waals surface area (Å²) in [7, 11) is 0. The number of ether oxygens (including phenoxy) is 1. The van der Waals surface area contributed by atoms with Crippen molar-refractivity contribution in [2.24, 2.45) is 0 Å². The van der Waals surface area contributed by atoms with Crippen LogP contribution in [-0.4, -0.2) is 40.3 Å². The minimum atomic E-state index is -0.977. The summed E-state index contributed by atoms with van der Waals surface area (Å²) in [4.78, 5) is 25.4. The summed E-state index contributed by atoms with van der Waals surface area (Å²) >= 11 is 0. The zero-order chi connectivity index (χ0) is 18.1. The molecule has 0 spiro atoms. The minimum absolute atomic E-state index is 0.144. The summed E-state index contributed by atoms with van der Waals surface area (Å²) in [5.74, 6) is -0.833. The van der Waals surface area contributed by atoms with Crippen LogP contribution in [-0.2, 0) is 9.53 Å². The van der Waals surface area contributed by atoms with Crippen LogP contribution in [0.3, 0.4) is 0 Å². The monoisotopic (exact) mass is 333 g/mol. The van der Waals surface area contributed by atoms with E-state index in [9.17, 15) is 14.7 Å². The number of carboxylic acids is 1. The number of amides is 1. The standard InChI is InChI=1S/C19H27NO4/c1-12-6-7-15(13(2)10-12)14-8-9-20(16(11-14)17(21)22)18(23)24-19(3,4)5/h6-7,10,14,16H,8-9,11H2,1-5H3,(H,21,22). The number of piperidine rings is 1. The minimum Gasteiger partial charge on any atom is -0.480 e. The summed E-state index contributed by atoms with van der Waals surface area (Å²) in [6.07, 6.45) is 0.611. The second kappa shape index (κ2) is 6.83. The van der Waals surface area contributed by atoms with Gasteiger partial charge in [0.1, 0.15) is 11.6 Å². The molecule has 1 amide bonds. The Balaban J connectivity index is 2.19. The average Bonchev–Trinajstić information content (AvgIpc) is 2.44. The van der Waals surface area contributed by atoms with Gasteiger partial charge in [0.15, 0.2) is 0 Å². The Hall–Kier alpha value is -2.04. The number of nitrogens with zero attached hydrogens (tertiary/aromatic N) is 1. The first-order chi connectivity index (χ1) is 11.1. The second-order valence-electron chi connectivity index (χ2n) is 7.61. The number of hydrogen-bond donors (Lipinski definition) is 1. The predicted octanol–water partition coefficient (Wildman–Crippen LogP) is 3.87. The Bertz CT molecular complexity index is 633. The molecule has 1 aromatic carbocycles. The van der Waals surface area contributed by atoms with E-state index in [1.165, 1.54) is 21.6 Å². The Morgan fingerprint density at radius 2 is 1.92 bits per heavy atom. The van der Waals surface area contributed by atoms with Crippen LogP contribution in [0.15, 0.2) is 18.2 Å². The third-order valence-electron chi connectivity index (χ3n) is 4.38. The van der Waals surface area contributed by atoms with E-state index in [0.717, 1.165) is 6.42 Å². The van der Waals surface area contributed by atoms with Gasteiger partial charge in [0.2, 0.25) is 0 Å². The van der Waals surface area contributed by atoms with Gasteiger partial charge in [0.25, 0.3) is 0 Å². The lowest BCUT2D eigenvalue weighted by atomic mass is 9.83. The molecular weight excluding hydrogens is 306 g/mol. The molecular formula is C19H27NO4. The summed E-state index contributed by atoms with van der Waals surface area (Å²) in [5, 5.41) is 9.58. The zero-order valence-electron chi connectivity index (χ0n) is 15.1. The lowest BCUT2D eigenvalue weighted by Crippen LogP contribution is -2.51. The van der Waals surface area contributed by atoms with Gasteiger partial charge in [-0.2, -0.15) is 0 Å². The number of rotatable bonds is 2. The Morgan fingerprint density at radius 1 is 1.25 bits per heavy atom. The van der Waals surface area contributed by atoms with Gasteiger partial charge in [0, 0.05) is 6.54 Å². The zero-order valence-corrected chi connectivity index (χ0v) is 15.1. The lowest BCUT2D eigenvalue weighted by Gasteiger charge is -2.38. The number of carbonyl (C=O) groups excluding carboxylic acids is 1. The highest BCUT2D eigenvalue weighted by Crippen LogP contribution is 2.34. The topological polar surface area (TPSA) is 66.8 Å². The summed E-state index contributed by atoms with van der Waals surface area (Å²) in [5.41, 5.74) is 2.91. The molecule has 1 aromatic rings. The molecule has 2 rings (SSSR count). The van der Waals surface area contributed by atoms with Gasteiger partial charge in [-0.15, -0.1) is 0 Å². The highest BCUT2D eigenvalue weighted by atomic mass is 16.6. The summed E-state index contributed by atoms with van der Waals surface area (Å²) in [6, 6.07) is 5.40. The quantitative estimate of drug-likeness (QED) is 0.892. The number of likely N-dealkylation sites (tertiary alicyclic amines) is 1. The number of benzene rings is 1. The number of hydrogen-bond acceptors (Lipinski definition) is 3. The Kier molecular flexibility index (Phi) is 5.21. The van der Waals surface area contributed by atoms with Gasteiger partial charge in [-0.25, -0.2) is 9.59 Å². The van der Waals surface area contributed by atoms with E-state index in [4.69, 9.17) is 4.74 Å². The van der Waals surface area contributed by atoms with Crippen LogP contribution in [0.5, 0.6) is 0 Å².